The number of para-hydroxylation sites is 1. The molecular formula is C18H20N2O2S2. The summed E-state index contributed by atoms with van der Waals surface area (Å²) >= 11 is 1.35. The first kappa shape index (κ1) is 15.9. The zero-order chi connectivity index (χ0) is 16.7. The number of aryl methyl sites for hydroxylation is 1. The lowest BCUT2D eigenvalue weighted by molar-refractivity contribution is 0.314. The number of sulfonamides is 1. The third-order valence-electron chi connectivity index (χ3n) is 4.68. The van der Waals surface area contributed by atoms with Crippen molar-refractivity contribution in [2.24, 2.45) is 0 Å². The van der Waals surface area contributed by atoms with Crippen molar-refractivity contribution in [3.05, 3.63) is 53.0 Å². The zero-order valence-electron chi connectivity index (χ0n) is 13.5. The van der Waals surface area contributed by atoms with Gasteiger partial charge in [0.15, 0.2) is 0 Å². The number of hydrogen-bond donors (Lipinski definition) is 1. The fraction of sp³-hybridized carbons (Fsp3) is 0.333. The van der Waals surface area contributed by atoms with E-state index in [4.69, 9.17) is 0 Å². The molecule has 3 heterocycles. The molecule has 1 unspecified atom stereocenters. The lowest BCUT2D eigenvalue weighted by Crippen LogP contribution is -2.38. The molecule has 1 saturated heterocycles. The summed E-state index contributed by atoms with van der Waals surface area (Å²) in [6.45, 7) is 3.09. The van der Waals surface area contributed by atoms with Gasteiger partial charge in [-0.2, -0.15) is 4.31 Å². The van der Waals surface area contributed by atoms with Crippen molar-refractivity contribution in [3.8, 4) is 0 Å². The van der Waals surface area contributed by atoms with E-state index in [2.05, 4.69) is 23.2 Å². The predicted octanol–water partition coefficient (Wildman–Crippen LogP) is 4.11. The molecule has 0 radical (unpaired) electrons. The Labute approximate surface area is 146 Å². The maximum absolute atomic E-state index is 12.9. The number of nitrogens with one attached hydrogen (secondary N) is 1. The lowest BCUT2D eigenvalue weighted by atomic mass is 9.96. The normalized spacial score (nSPS) is 19.8. The Morgan fingerprint density at radius 3 is 2.79 bits per heavy atom. The molecule has 3 aromatic rings. The quantitative estimate of drug-likeness (QED) is 0.764. The smallest absolute Gasteiger partial charge is 0.252 e. The summed E-state index contributed by atoms with van der Waals surface area (Å²) in [7, 11) is -3.37. The SMILES string of the molecule is Cc1ccc(S(=O)(=O)N2CCCC(c3cc4ccccc4[nH]3)C2)s1. The maximum Gasteiger partial charge on any atom is 0.252 e. The molecule has 1 aliphatic rings. The number of fused-ring (bicyclic) bond motifs is 1. The molecule has 1 aromatic carbocycles. The number of hydrogen-bond acceptors (Lipinski definition) is 3. The van der Waals surface area contributed by atoms with Crippen LogP contribution in [0.1, 0.15) is 29.3 Å². The standard InChI is InChI=1S/C18H20N2O2S2/c1-13-8-9-18(23-13)24(21,22)20-10-4-6-15(12-20)17-11-14-5-2-3-7-16(14)19-17/h2-3,5,7-9,11,15,19H,4,6,10,12H2,1H3. The zero-order valence-corrected chi connectivity index (χ0v) is 15.2. The molecule has 24 heavy (non-hydrogen) atoms. The first-order valence-electron chi connectivity index (χ1n) is 8.18. The van der Waals surface area contributed by atoms with Crippen LogP contribution >= 0.6 is 11.3 Å². The highest BCUT2D eigenvalue weighted by Gasteiger charge is 2.32. The van der Waals surface area contributed by atoms with Gasteiger partial charge >= 0.3 is 0 Å². The van der Waals surface area contributed by atoms with Crippen molar-refractivity contribution in [1.82, 2.24) is 9.29 Å². The largest absolute Gasteiger partial charge is 0.358 e. The first-order chi connectivity index (χ1) is 11.5. The number of rotatable bonds is 3. The third kappa shape index (κ3) is 2.79. The molecule has 1 fully saturated rings. The molecular weight excluding hydrogens is 340 g/mol. The summed E-state index contributed by atoms with van der Waals surface area (Å²) < 4.78 is 27.9. The van der Waals surface area contributed by atoms with E-state index in [1.165, 1.54) is 16.7 Å². The molecule has 0 amide bonds. The van der Waals surface area contributed by atoms with Crippen molar-refractivity contribution in [2.75, 3.05) is 13.1 Å². The van der Waals surface area contributed by atoms with Crippen LogP contribution in [-0.4, -0.2) is 30.8 Å². The van der Waals surface area contributed by atoms with E-state index in [0.717, 1.165) is 28.9 Å². The Bertz CT molecular complexity index is 939. The van der Waals surface area contributed by atoms with Gasteiger partial charge in [0.05, 0.1) is 0 Å². The summed E-state index contributed by atoms with van der Waals surface area (Å²) in [5.41, 5.74) is 2.25. The number of aromatic amines is 1. The van der Waals surface area contributed by atoms with E-state index >= 15 is 0 Å². The Hall–Kier alpha value is -1.63. The van der Waals surface area contributed by atoms with Crippen molar-refractivity contribution in [2.45, 2.75) is 29.9 Å². The molecule has 2 aromatic heterocycles. The number of piperidine rings is 1. The summed E-state index contributed by atoms with van der Waals surface area (Å²) in [6, 6.07) is 13.9. The number of aromatic nitrogens is 1. The number of benzene rings is 1. The van der Waals surface area contributed by atoms with Crippen LogP contribution < -0.4 is 0 Å². The second kappa shape index (κ2) is 6.02. The van der Waals surface area contributed by atoms with Crippen LogP contribution in [0.5, 0.6) is 0 Å². The second-order valence-corrected chi connectivity index (χ2v) is 9.83. The molecule has 0 spiro atoms. The Morgan fingerprint density at radius 1 is 1.21 bits per heavy atom. The molecule has 6 heteroatoms. The second-order valence-electron chi connectivity index (χ2n) is 6.38. The van der Waals surface area contributed by atoms with Gasteiger partial charge < -0.3 is 4.98 Å². The highest BCUT2D eigenvalue weighted by Crippen LogP contribution is 2.33. The van der Waals surface area contributed by atoms with Gasteiger partial charge in [0.2, 0.25) is 0 Å². The van der Waals surface area contributed by atoms with Gasteiger partial charge in [0, 0.05) is 35.1 Å². The van der Waals surface area contributed by atoms with E-state index in [1.54, 1.807) is 10.4 Å². The van der Waals surface area contributed by atoms with Crippen LogP contribution in [0.15, 0.2) is 46.7 Å². The molecule has 0 saturated carbocycles. The van der Waals surface area contributed by atoms with Crippen LogP contribution in [0.25, 0.3) is 10.9 Å². The molecule has 126 valence electrons. The van der Waals surface area contributed by atoms with Gasteiger partial charge in [-0.25, -0.2) is 8.42 Å². The minimum absolute atomic E-state index is 0.224. The topological polar surface area (TPSA) is 53.2 Å². The van der Waals surface area contributed by atoms with Crippen LogP contribution in [0.2, 0.25) is 0 Å². The number of nitrogens with zero attached hydrogens (tertiary/aromatic N) is 1. The molecule has 4 rings (SSSR count). The molecule has 0 aliphatic carbocycles. The minimum Gasteiger partial charge on any atom is -0.358 e. The average molecular weight is 361 g/mol. The van der Waals surface area contributed by atoms with Crippen molar-refractivity contribution < 1.29 is 8.42 Å². The summed E-state index contributed by atoms with van der Waals surface area (Å²) in [6.07, 6.45) is 1.91. The fourth-order valence-corrected chi connectivity index (χ4v) is 6.37. The van der Waals surface area contributed by atoms with E-state index < -0.39 is 10.0 Å². The number of thiophene rings is 1. The first-order valence-corrected chi connectivity index (χ1v) is 10.4. The van der Waals surface area contributed by atoms with Crippen molar-refractivity contribution in [3.63, 3.8) is 0 Å². The van der Waals surface area contributed by atoms with Crippen LogP contribution in [0, 0.1) is 6.92 Å². The van der Waals surface area contributed by atoms with Gasteiger partial charge in [0.25, 0.3) is 10.0 Å². The maximum atomic E-state index is 12.9. The van der Waals surface area contributed by atoms with E-state index in [1.807, 2.05) is 25.1 Å². The average Bonchev–Trinajstić information content (AvgIpc) is 3.21. The fourth-order valence-electron chi connectivity index (χ4n) is 3.41. The Balaban J connectivity index is 1.61. The van der Waals surface area contributed by atoms with Crippen LogP contribution in [0.4, 0.5) is 0 Å². The van der Waals surface area contributed by atoms with Crippen molar-refractivity contribution in [1.29, 1.82) is 0 Å². The van der Waals surface area contributed by atoms with E-state index in [9.17, 15) is 8.42 Å². The van der Waals surface area contributed by atoms with Gasteiger partial charge in [-0.3, -0.25) is 0 Å². The lowest BCUT2D eigenvalue weighted by Gasteiger charge is -2.31. The Morgan fingerprint density at radius 2 is 2.04 bits per heavy atom. The summed E-state index contributed by atoms with van der Waals surface area (Å²) in [5.74, 6) is 0.224. The van der Waals surface area contributed by atoms with E-state index in [-0.39, 0.29) is 5.92 Å². The molecule has 4 nitrogen and oxygen atoms in total. The van der Waals surface area contributed by atoms with Gasteiger partial charge in [0.1, 0.15) is 4.21 Å². The third-order valence-corrected chi connectivity index (χ3v) is 8.02. The molecule has 1 N–H and O–H groups in total. The minimum atomic E-state index is -3.37. The monoisotopic (exact) mass is 360 g/mol. The molecule has 1 aliphatic heterocycles. The highest BCUT2D eigenvalue weighted by molar-refractivity contribution is 7.91. The summed E-state index contributed by atoms with van der Waals surface area (Å²) in [5, 5.41) is 1.18. The van der Waals surface area contributed by atoms with Gasteiger partial charge in [-0.15, -0.1) is 11.3 Å². The van der Waals surface area contributed by atoms with Crippen LogP contribution in [-0.2, 0) is 10.0 Å². The van der Waals surface area contributed by atoms with Gasteiger partial charge in [-0.1, -0.05) is 18.2 Å². The van der Waals surface area contributed by atoms with Crippen LogP contribution in [0.3, 0.4) is 0 Å². The number of H-pyrrole nitrogens is 1. The van der Waals surface area contributed by atoms with Crippen molar-refractivity contribution >= 4 is 32.3 Å². The summed E-state index contributed by atoms with van der Waals surface area (Å²) in [4.78, 5) is 4.49. The predicted molar refractivity (Wildman–Crippen MR) is 98.1 cm³/mol. The molecule has 0 bridgehead atoms. The highest BCUT2D eigenvalue weighted by atomic mass is 32.2. The Kier molecular flexibility index (Phi) is 3.98. The van der Waals surface area contributed by atoms with Gasteiger partial charge in [-0.05, 0) is 49.4 Å². The molecule has 1 atom stereocenters. The van der Waals surface area contributed by atoms with E-state index in [0.29, 0.717) is 17.3 Å².